The molecule has 1 saturated carbocycles. The van der Waals surface area contributed by atoms with Crippen molar-refractivity contribution in [2.75, 3.05) is 19.5 Å². The number of anilines is 1. The lowest BCUT2D eigenvalue weighted by Crippen LogP contribution is -2.23. The number of imidazole rings is 1. The highest BCUT2D eigenvalue weighted by molar-refractivity contribution is 5.74. The second-order valence-electron chi connectivity index (χ2n) is 7.57. The van der Waals surface area contributed by atoms with E-state index in [0.717, 1.165) is 24.2 Å². The molecule has 158 valence electrons. The van der Waals surface area contributed by atoms with Crippen molar-refractivity contribution in [3.63, 3.8) is 0 Å². The summed E-state index contributed by atoms with van der Waals surface area (Å²) in [5, 5.41) is 3.31. The lowest BCUT2D eigenvalue weighted by atomic mass is 10.2. The van der Waals surface area contributed by atoms with Gasteiger partial charge in [-0.2, -0.15) is 4.98 Å². The number of nitrogens with one attached hydrogen (secondary N) is 1. The van der Waals surface area contributed by atoms with Crippen LogP contribution < -0.4 is 20.5 Å². The number of hydrogen-bond donors (Lipinski definition) is 1. The fourth-order valence-electron chi connectivity index (χ4n) is 3.56. The standard InChI is InChI=1S/C23H23N5O3/c1-30-18-10-6-15(7-11-18)14-27-20-13-24-22(25-16-8-9-16)26-21(20)28(23(27)29)17-4-3-5-19(12-17)31-2/h3-7,10-13,16H,8-9,14H2,1-2H3,(H,24,25,26). The number of benzene rings is 2. The first-order valence-electron chi connectivity index (χ1n) is 10.2. The van der Waals surface area contributed by atoms with Gasteiger partial charge in [-0.25, -0.2) is 14.3 Å². The molecule has 1 fully saturated rings. The molecule has 4 aromatic rings. The molecule has 2 aromatic carbocycles. The van der Waals surface area contributed by atoms with Gasteiger partial charge in [0, 0.05) is 12.1 Å². The van der Waals surface area contributed by atoms with Crippen LogP contribution in [0.3, 0.4) is 0 Å². The van der Waals surface area contributed by atoms with E-state index in [1.165, 1.54) is 0 Å². The van der Waals surface area contributed by atoms with Crippen molar-refractivity contribution < 1.29 is 9.47 Å². The van der Waals surface area contributed by atoms with Gasteiger partial charge < -0.3 is 14.8 Å². The zero-order valence-electron chi connectivity index (χ0n) is 17.4. The van der Waals surface area contributed by atoms with Crippen molar-refractivity contribution in [3.8, 4) is 17.2 Å². The average Bonchev–Trinajstić information content (AvgIpc) is 3.58. The summed E-state index contributed by atoms with van der Waals surface area (Å²) >= 11 is 0. The molecule has 5 rings (SSSR count). The Morgan fingerprint density at radius 3 is 2.55 bits per heavy atom. The van der Waals surface area contributed by atoms with E-state index >= 15 is 0 Å². The summed E-state index contributed by atoms with van der Waals surface area (Å²) in [5.74, 6) is 1.98. The van der Waals surface area contributed by atoms with Crippen molar-refractivity contribution in [2.24, 2.45) is 0 Å². The number of rotatable bonds is 7. The van der Waals surface area contributed by atoms with Gasteiger partial charge in [-0.1, -0.05) is 18.2 Å². The van der Waals surface area contributed by atoms with Crippen LogP contribution in [0.25, 0.3) is 16.9 Å². The first kappa shape index (κ1) is 19.2. The molecular formula is C23H23N5O3. The van der Waals surface area contributed by atoms with Crippen LogP contribution in [0.1, 0.15) is 18.4 Å². The lowest BCUT2D eigenvalue weighted by molar-refractivity contribution is 0.414. The molecule has 2 aromatic heterocycles. The quantitative estimate of drug-likeness (QED) is 0.497. The minimum absolute atomic E-state index is 0.183. The molecule has 0 amide bonds. The number of methoxy groups -OCH3 is 2. The summed E-state index contributed by atoms with van der Waals surface area (Å²) in [6.45, 7) is 0.398. The molecule has 0 spiro atoms. The van der Waals surface area contributed by atoms with Gasteiger partial charge in [-0.05, 0) is 42.7 Å². The maximum absolute atomic E-state index is 13.5. The SMILES string of the molecule is COc1ccc(Cn2c(=O)n(-c3cccc(OC)c3)c3nc(NC4CC4)ncc32)cc1. The zero-order chi connectivity index (χ0) is 21.4. The van der Waals surface area contributed by atoms with Crippen LogP contribution in [-0.2, 0) is 6.54 Å². The molecule has 8 nitrogen and oxygen atoms in total. The second-order valence-corrected chi connectivity index (χ2v) is 7.57. The number of fused-ring (bicyclic) bond motifs is 1. The van der Waals surface area contributed by atoms with Crippen LogP contribution >= 0.6 is 0 Å². The molecule has 1 aliphatic rings. The van der Waals surface area contributed by atoms with Crippen LogP contribution in [0, 0.1) is 0 Å². The maximum Gasteiger partial charge on any atom is 0.335 e. The number of nitrogens with zero attached hydrogens (tertiary/aromatic N) is 4. The Bertz CT molecular complexity index is 1290. The van der Waals surface area contributed by atoms with Crippen LogP contribution in [0.2, 0.25) is 0 Å². The highest BCUT2D eigenvalue weighted by Gasteiger charge is 2.23. The fourth-order valence-corrected chi connectivity index (χ4v) is 3.56. The molecule has 1 aliphatic carbocycles. The van der Waals surface area contributed by atoms with Gasteiger partial charge in [0.2, 0.25) is 5.95 Å². The van der Waals surface area contributed by atoms with E-state index in [9.17, 15) is 4.79 Å². The van der Waals surface area contributed by atoms with E-state index in [4.69, 9.17) is 14.5 Å². The molecule has 8 heteroatoms. The molecule has 1 N–H and O–H groups in total. The zero-order valence-corrected chi connectivity index (χ0v) is 17.4. The van der Waals surface area contributed by atoms with Gasteiger partial charge in [-0.15, -0.1) is 0 Å². The minimum atomic E-state index is -0.183. The summed E-state index contributed by atoms with van der Waals surface area (Å²) in [5.41, 5.74) is 2.72. The molecule has 0 atom stereocenters. The van der Waals surface area contributed by atoms with Crippen molar-refractivity contribution in [1.29, 1.82) is 0 Å². The molecule has 0 aliphatic heterocycles. The Morgan fingerprint density at radius 2 is 1.84 bits per heavy atom. The van der Waals surface area contributed by atoms with Crippen LogP contribution in [0.4, 0.5) is 5.95 Å². The van der Waals surface area contributed by atoms with Gasteiger partial charge in [0.15, 0.2) is 5.65 Å². The molecule has 0 bridgehead atoms. The minimum Gasteiger partial charge on any atom is -0.497 e. The Labute approximate surface area is 179 Å². The Kier molecular flexibility index (Phi) is 4.82. The van der Waals surface area contributed by atoms with E-state index < -0.39 is 0 Å². The molecule has 2 heterocycles. The van der Waals surface area contributed by atoms with Crippen LogP contribution in [0.5, 0.6) is 11.5 Å². The Balaban J connectivity index is 1.65. The lowest BCUT2D eigenvalue weighted by Gasteiger charge is -2.06. The smallest absolute Gasteiger partial charge is 0.335 e. The van der Waals surface area contributed by atoms with Crippen molar-refractivity contribution >= 4 is 17.1 Å². The predicted octanol–water partition coefficient (Wildman–Crippen LogP) is 3.22. The summed E-state index contributed by atoms with van der Waals surface area (Å²) in [6.07, 6.45) is 3.94. The van der Waals surface area contributed by atoms with E-state index in [-0.39, 0.29) is 5.69 Å². The highest BCUT2D eigenvalue weighted by Crippen LogP contribution is 2.25. The van der Waals surface area contributed by atoms with Crippen LogP contribution in [-0.4, -0.2) is 39.4 Å². The predicted molar refractivity (Wildman–Crippen MR) is 118 cm³/mol. The van der Waals surface area contributed by atoms with Gasteiger partial charge in [0.05, 0.1) is 32.6 Å². The summed E-state index contributed by atoms with van der Waals surface area (Å²) in [6, 6.07) is 15.5. The molecule has 0 unspecified atom stereocenters. The topological polar surface area (TPSA) is 83.2 Å². The van der Waals surface area contributed by atoms with Gasteiger partial charge in [0.25, 0.3) is 0 Å². The Morgan fingerprint density at radius 1 is 1.06 bits per heavy atom. The van der Waals surface area contributed by atoms with Crippen molar-refractivity contribution in [2.45, 2.75) is 25.4 Å². The van der Waals surface area contributed by atoms with E-state index in [2.05, 4.69) is 10.3 Å². The van der Waals surface area contributed by atoms with Crippen molar-refractivity contribution in [1.82, 2.24) is 19.1 Å². The van der Waals surface area contributed by atoms with E-state index in [1.54, 1.807) is 29.6 Å². The first-order valence-corrected chi connectivity index (χ1v) is 10.2. The third-order valence-corrected chi connectivity index (χ3v) is 5.40. The summed E-state index contributed by atoms with van der Waals surface area (Å²) in [7, 11) is 3.24. The Hall–Kier alpha value is -3.81. The molecular weight excluding hydrogens is 394 g/mol. The van der Waals surface area contributed by atoms with Gasteiger partial charge in [-0.3, -0.25) is 4.57 Å². The average molecular weight is 417 g/mol. The molecule has 0 saturated heterocycles. The highest BCUT2D eigenvalue weighted by atomic mass is 16.5. The number of aromatic nitrogens is 4. The second kappa shape index (κ2) is 7.79. The molecule has 31 heavy (non-hydrogen) atoms. The van der Waals surface area contributed by atoms with E-state index in [0.29, 0.717) is 41.1 Å². The normalized spacial score (nSPS) is 13.4. The largest absolute Gasteiger partial charge is 0.497 e. The first-order chi connectivity index (χ1) is 15.2. The van der Waals surface area contributed by atoms with Crippen molar-refractivity contribution in [3.05, 3.63) is 70.8 Å². The number of ether oxygens (including phenoxy) is 2. The maximum atomic E-state index is 13.5. The summed E-state index contributed by atoms with van der Waals surface area (Å²) in [4.78, 5) is 22.7. The van der Waals surface area contributed by atoms with Crippen LogP contribution in [0.15, 0.2) is 59.5 Å². The van der Waals surface area contributed by atoms with Gasteiger partial charge >= 0.3 is 5.69 Å². The monoisotopic (exact) mass is 417 g/mol. The third-order valence-electron chi connectivity index (χ3n) is 5.40. The summed E-state index contributed by atoms with van der Waals surface area (Å²) < 4.78 is 13.9. The third kappa shape index (κ3) is 3.72. The van der Waals surface area contributed by atoms with Gasteiger partial charge in [0.1, 0.15) is 17.0 Å². The number of hydrogen-bond acceptors (Lipinski definition) is 6. The molecule has 0 radical (unpaired) electrons. The fraction of sp³-hybridized carbons (Fsp3) is 0.261. The van der Waals surface area contributed by atoms with E-state index in [1.807, 2.05) is 48.5 Å².